The molecule has 0 unspecified atom stereocenters. The summed E-state index contributed by atoms with van der Waals surface area (Å²) in [6, 6.07) is 25.3. The van der Waals surface area contributed by atoms with Gasteiger partial charge in [0.05, 0.1) is 12.2 Å². The first-order valence-electron chi connectivity index (χ1n) is 15.0. The molecule has 0 atom stereocenters. The number of hydrogen-bond acceptors (Lipinski definition) is 2. The van der Waals surface area contributed by atoms with Crippen LogP contribution in [0.25, 0.3) is 33.4 Å². The van der Waals surface area contributed by atoms with Crippen molar-refractivity contribution in [3.63, 3.8) is 0 Å². The summed E-state index contributed by atoms with van der Waals surface area (Å²) < 4.78 is 85.4. The zero-order valence-corrected chi connectivity index (χ0v) is 25.1. The van der Waals surface area contributed by atoms with Crippen molar-refractivity contribution in [2.45, 2.75) is 45.6 Å². The lowest BCUT2D eigenvalue weighted by molar-refractivity contribution is -0.187. The predicted molar refractivity (Wildman–Crippen MR) is 168 cm³/mol. The van der Waals surface area contributed by atoms with Gasteiger partial charge in [0.25, 0.3) is 0 Å². The molecule has 0 saturated heterocycles. The largest absolute Gasteiger partial charge is 0.494 e. The summed E-state index contributed by atoms with van der Waals surface area (Å²) in [7, 11) is 0. The number of hydrogen-bond donors (Lipinski definition) is 0. The number of alkyl halides is 2. The van der Waals surface area contributed by atoms with Crippen molar-refractivity contribution in [1.29, 1.82) is 0 Å². The highest BCUT2D eigenvalue weighted by Gasteiger charge is 2.38. The van der Waals surface area contributed by atoms with Gasteiger partial charge in [-0.3, -0.25) is 0 Å². The molecule has 0 aliphatic carbocycles. The molecule has 0 N–H and O–H groups in total. The molecule has 5 aromatic rings. The second-order valence-corrected chi connectivity index (χ2v) is 10.8. The van der Waals surface area contributed by atoms with Gasteiger partial charge in [-0.05, 0) is 90.0 Å². The number of ether oxygens (including phenoxy) is 2. The molecule has 5 rings (SSSR count). The van der Waals surface area contributed by atoms with Crippen LogP contribution in [0.4, 0.5) is 22.0 Å². The molecular formula is C38H33F5O2. The van der Waals surface area contributed by atoms with E-state index in [1.807, 2.05) is 31.2 Å². The molecule has 232 valence electrons. The summed E-state index contributed by atoms with van der Waals surface area (Å²) in [4.78, 5) is 0. The SMILES string of the molecule is CCCCCc1ccc(-c2ccc(C(F)(F)Oc3ccc(-c4ccc(-c5ccc(OCC)cc5)c(F)c4)c(F)c3)c(F)c2)cc1. The normalized spacial score (nSPS) is 11.4. The Kier molecular flexibility index (Phi) is 9.87. The molecule has 0 spiro atoms. The van der Waals surface area contributed by atoms with Crippen molar-refractivity contribution in [3.8, 4) is 44.9 Å². The van der Waals surface area contributed by atoms with Crippen LogP contribution in [0.1, 0.15) is 44.2 Å². The summed E-state index contributed by atoms with van der Waals surface area (Å²) in [5, 5.41) is 0. The van der Waals surface area contributed by atoms with Gasteiger partial charge < -0.3 is 9.47 Å². The second kappa shape index (κ2) is 14.0. The molecule has 0 fully saturated rings. The molecule has 0 bridgehead atoms. The van der Waals surface area contributed by atoms with Gasteiger partial charge in [-0.2, -0.15) is 8.78 Å². The van der Waals surface area contributed by atoms with Crippen LogP contribution >= 0.6 is 0 Å². The first-order chi connectivity index (χ1) is 21.7. The smallest absolute Gasteiger partial charge is 0.429 e. The van der Waals surface area contributed by atoms with Gasteiger partial charge in [-0.15, -0.1) is 0 Å². The molecule has 5 aromatic carbocycles. The Bertz CT molecular complexity index is 1750. The van der Waals surface area contributed by atoms with Gasteiger partial charge in [-0.25, -0.2) is 13.2 Å². The number of aryl methyl sites for hydroxylation is 1. The van der Waals surface area contributed by atoms with Crippen LogP contribution < -0.4 is 9.47 Å². The van der Waals surface area contributed by atoms with E-state index < -0.39 is 34.9 Å². The summed E-state index contributed by atoms with van der Waals surface area (Å²) in [6.45, 7) is 4.51. The van der Waals surface area contributed by atoms with E-state index in [-0.39, 0.29) is 11.1 Å². The van der Waals surface area contributed by atoms with Crippen molar-refractivity contribution in [2.75, 3.05) is 6.61 Å². The minimum Gasteiger partial charge on any atom is -0.494 e. The maximum atomic E-state index is 15.1. The monoisotopic (exact) mass is 616 g/mol. The van der Waals surface area contributed by atoms with Crippen LogP contribution in [0.2, 0.25) is 0 Å². The molecular weight excluding hydrogens is 583 g/mol. The molecule has 0 saturated carbocycles. The lowest BCUT2D eigenvalue weighted by Gasteiger charge is -2.20. The fourth-order valence-corrected chi connectivity index (χ4v) is 5.18. The Morgan fingerprint density at radius 1 is 0.556 bits per heavy atom. The Balaban J connectivity index is 1.29. The lowest BCUT2D eigenvalue weighted by atomic mass is 9.99. The highest BCUT2D eigenvalue weighted by atomic mass is 19.3. The van der Waals surface area contributed by atoms with Crippen molar-refractivity contribution in [2.24, 2.45) is 0 Å². The summed E-state index contributed by atoms with van der Waals surface area (Å²) in [5.74, 6) is -2.47. The first kappa shape index (κ1) is 31.8. The van der Waals surface area contributed by atoms with Crippen LogP contribution in [-0.4, -0.2) is 6.61 Å². The average Bonchev–Trinajstić information content (AvgIpc) is 3.02. The Morgan fingerprint density at radius 3 is 1.78 bits per heavy atom. The molecule has 7 heteroatoms. The van der Waals surface area contributed by atoms with Crippen molar-refractivity contribution in [1.82, 2.24) is 0 Å². The number of benzene rings is 5. The molecule has 0 amide bonds. The van der Waals surface area contributed by atoms with E-state index in [1.165, 1.54) is 24.3 Å². The predicted octanol–water partition coefficient (Wildman–Crippen LogP) is 11.4. The van der Waals surface area contributed by atoms with E-state index in [2.05, 4.69) is 6.92 Å². The number of unbranched alkanes of at least 4 members (excludes halogenated alkanes) is 2. The van der Waals surface area contributed by atoms with Gasteiger partial charge in [0, 0.05) is 17.2 Å². The highest BCUT2D eigenvalue weighted by molar-refractivity contribution is 5.72. The minimum absolute atomic E-state index is 0.00488. The van der Waals surface area contributed by atoms with Crippen LogP contribution in [0.3, 0.4) is 0 Å². The lowest BCUT2D eigenvalue weighted by Crippen LogP contribution is -2.23. The topological polar surface area (TPSA) is 18.5 Å². The maximum absolute atomic E-state index is 15.1. The molecule has 45 heavy (non-hydrogen) atoms. The molecule has 0 aromatic heterocycles. The molecule has 0 aliphatic rings. The second-order valence-electron chi connectivity index (χ2n) is 10.8. The van der Waals surface area contributed by atoms with Crippen LogP contribution in [-0.2, 0) is 12.5 Å². The van der Waals surface area contributed by atoms with Crippen molar-refractivity contribution < 1.29 is 31.4 Å². The fraction of sp³-hybridized carbons (Fsp3) is 0.211. The zero-order valence-electron chi connectivity index (χ0n) is 25.1. The Morgan fingerprint density at radius 2 is 1.13 bits per heavy atom. The van der Waals surface area contributed by atoms with Crippen molar-refractivity contribution >= 4 is 0 Å². The summed E-state index contributed by atoms with van der Waals surface area (Å²) in [5.41, 5.74) is 2.48. The standard InChI is InChI=1S/C38H33F5O2/c1-3-5-6-7-25-8-10-26(11-9-25)28-15-21-34(37(41)22-28)38(42,43)45-31-18-20-33(36(40)24-31)29-14-19-32(35(39)23-29)27-12-16-30(17-13-27)44-4-2/h8-24H,3-7H2,1-2H3. The average molecular weight is 617 g/mol. The Hall–Kier alpha value is -4.65. The van der Waals surface area contributed by atoms with E-state index >= 15 is 17.6 Å². The molecule has 0 radical (unpaired) electrons. The third kappa shape index (κ3) is 7.54. The summed E-state index contributed by atoms with van der Waals surface area (Å²) in [6.07, 6.45) is 0.214. The van der Waals surface area contributed by atoms with E-state index in [1.54, 1.807) is 30.3 Å². The van der Waals surface area contributed by atoms with E-state index in [9.17, 15) is 4.39 Å². The van der Waals surface area contributed by atoms with Gasteiger partial charge in [0.15, 0.2) is 0 Å². The van der Waals surface area contributed by atoms with Gasteiger partial charge in [-0.1, -0.05) is 74.4 Å². The quantitative estimate of drug-likeness (QED) is 0.103. The molecule has 2 nitrogen and oxygen atoms in total. The highest BCUT2D eigenvalue weighted by Crippen LogP contribution is 2.37. The van der Waals surface area contributed by atoms with Gasteiger partial charge >= 0.3 is 6.11 Å². The third-order valence-electron chi connectivity index (χ3n) is 7.58. The van der Waals surface area contributed by atoms with E-state index in [0.29, 0.717) is 34.6 Å². The Labute approximate surface area is 260 Å². The minimum atomic E-state index is -4.08. The molecule has 0 aliphatic heterocycles. The van der Waals surface area contributed by atoms with Crippen molar-refractivity contribution in [3.05, 3.63) is 132 Å². The first-order valence-corrected chi connectivity index (χ1v) is 15.0. The summed E-state index contributed by atoms with van der Waals surface area (Å²) >= 11 is 0. The maximum Gasteiger partial charge on any atom is 0.429 e. The zero-order chi connectivity index (χ0) is 32.0. The van der Waals surface area contributed by atoms with Crippen LogP contribution in [0.5, 0.6) is 11.5 Å². The molecule has 0 heterocycles. The van der Waals surface area contributed by atoms with E-state index in [0.717, 1.165) is 55.5 Å². The number of rotatable bonds is 12. The van der Waals surface area contributed by atoms with Crippen LogP contribution in [0.15, 0.2) is 103 Å². The fourth-order valence-electron chi connectivity index (χ4n) is 5.18. The van der Waals surface area contributed by atoms with Gasteiger partial charge in [0.1, 0.15) is 29.0 Å². The third-order valence-corrected chi connectivity index (χ3v) is 7.58. The van der Waals surface area contributed by atoms with E-state index in [4.69, 9.17) is 9.47 Å². The van der Waals surface area contributed by atoms with Crippen LogP contribution in [0, 0.1) is 17.5 Å². The number of halogens is 5. The van der Waals surface area contributed by atoms with Gasteiger partial charge in [0.2, 0.25) is 0 Å².